The maximum absolute atomic E-state index is 11.7. The Morgan fingerprint density at radius 3 is 2.68 bits per heavy atom. The average Bonchev–Trinajstić information content (AvgIpc) is 2.95. The van der Waals surface area contributed by atoms with E-state index in [1.807, 2.05) is 0 Å². The normalized spacial score (nSPS) is 17.2. The number of amidine groups is 1. The molecule has 0 radical (unpaired) electrons. The Hall–Kier alpha value is -3.01. The molecule has 0 atom stereocenters. The highest BCUT2D eigenvalue weighted by molar-refractivity contribution is 8.18. The van der Waals surface area contributed by atoms with Gasteiger partial charge in [0.2, 0.25) is 0 Å². The number of thioether (sulfide) groups is 1. The minimum Gasteiger partial charge on any atom is -0.504 e. The number of nitrogens with one attached hydrogen (secondary N) is 1. The molecule has 0 unspecified atom stereocenters. The van der Waals surface area contributed by atoms with Gasteiger partial charge in [-0.1, -0.05) is 0 Å². The van der Waals surface area contributed by atoms with Crippen LogP contribution in [0.25, 0.3) is 0 Å². The van der Waals surface area contributed by atoms with Gasteiger partial charge in [-0.15, -0.1) is 5.10 Å². The average molecular weight is 365 g/mol. The van der Waals surface area contributed by atoms with Crippen LogP contribution in [-0.2, 0) is 14.3 Å². The van der Waals surface area contributed by atoms with Crippen LogP contribution in [0.4, 0.5) is 0 Å². The number of hydrogen-bond donors (Lipinski definition) is 2. The molecule has 0 aromatic heterocycles. The monoisotopic (exact) mass is 365 g/mol. The highest BCUT2D eigenvalue weighted by Crippen LogP contribution is 2.33. The minimum atomic E-state index is -0.643. The largest absolute Gasteiger partial charge is 0.504 e. The summed E-state index contributed by atoms with van der Waals surface area (Å²) in [6.07, 6.45) is 2.34. The van der Waals surface area contributed by atoms with Crippen molar-refractivity contribution in [1.29, 1.82) is 0 Å². The zero-order chi connectivity index (χ0) is 18.4. The maximum atomic E-state index is 11.7. The van der Waals surface area contributed by atoms with Crippen molar-refractivity contribution in [2.24, 2.45) is 10.2 Å². The molecule has 1 saturated heterocycles. The Bertz CT molecular complexity index is 788. The molecule has 2 N–H and O–H groups in total. The van der Waals surface area contributed by atoms with E-state index in [0.717, 1.165) is 17.8 Å². The number of carbonyl (C=O) groups is 2. The maximum Gasteiger partial charge on any atom is 0.331 e. The molecule has 2 rings (SSSR count). The van der Waals surface area contributed by atoms with Crippen molar-refractivity contribution in [1.82, 2.24) is 5.32 Å². The lowest BCUT2D eigenvalue weighted by atomic mass is 10.2. The van der Waals surface area contributed by atoms with E-state index in [4.69, 9.17) is 9.47 Å². The molecule has 10 heteroatoms. The van der Waals surface area contributed by atoms with Crippen molar-refractivity contribution >= 4 is 35.0 Å². The molecule has 0 aliphatic carbocycles. The molecule has 1 heterocycles. The van der Waals surface area contributed by atoms with Gasteiger partial charge >= 0.3 is 5.97 Å². The van der Waals surface area contributed by atoms with E-state index in [9.17, 15) is 14.7 Å². The molecular weight excluding hydrogens is 350 g/mol. The topological polar surface area (TPSA) is 119 Å². The number of ether oxygens (including phenoxy) is 3. The molecule has 0 bridgehead atoms. The molecule has 1 aromatic carbocycles. The van der Waals surface area contributed by atoms with Gasteiger partial charge in [-0.25, -0.2) is 4.79 Å². The lowest BCUT2D eigenvalue weighted by Gasteiger charge is -2.08. The number of phenolic OH excluding ortho intramolecular Hbond substituents is 1. The van der Waals surface area contributed by atoms with Gasteiger partial charge in [-0.3, -0.25) is 10.1 Å². The summed E-state index contributed by atoms with van der Waals surface area (Å²) in [4.78, 5) is 23.0. The van der Waals surface area contributed by atoms with Crippen LogP contribution in [0, 0.1) is 0 Å². The van der Waals surface area contributed by atoms with Gasteiger partial charge in [0.1, 0.15) is 5.75 Å². The second-order valence-corrected chi connectivity index (χ2v) is 5.54. The first-order valence-electron chi connectivity index (χ1n) is 6.83. The van der Waals surface area contributed by atoms with E-state index in [0.29, 0.717) is 11.3 Å². The Balaban J connectivity index is 2.18. The zero-order valence-electron chi connectivity index (χ0n) is 13.6. The van der Waals surface area contributed by atoms with Gasteiger partial charge in [0, 0.05) is 17.7 Å². The molecule has 1 aliphatic heterocycles. The van der Waals surface area contributed by atoms with Crippen molar-refractivity contribution in [3.05, 3.63) is 28.7 Å². The van der Waals surface area contributed by atoms with Crippen molar-refractivity contribution in [3.63, 3.8) is 0 Å². The summed E-state index contributed by atoms with van der Waals surface area (Å²) < 4.78 is 14.6. The summed E-state index contributed by atoms with van der Waals surface area (Å²) in [5, 5.41) is 20.3. The first-order chi connectivity index (χ1) is 12.0. The summed E-state index contributed by atoms with van der Waals surface area (Å²) in [5.41, 5.74) is 0.320. The highest BCUT2D eigenvalue weighted by atomic mass is 32.2. The van der Waals surface area contributed by atoms with Crippen LogP contribution < -0.4 is 14.8 Å². The zero-order valence-corrected chi connectivity index (χ0v) is 14.4. The van der Waals surface area contributed by atoms with Gasteiger partial charge in [-0.2, -0.15) is 5.10 Å². The molecule has 0 spiro atoms. The van der Waals surface area contributed by atoms with E-state index < -0.39 is 11.9 Å². The van der Waals surface area contributed by atoms with E-state index >= 15 is 0 Å². The lowest BCUT2D eigenvalue weighted by molar-refractivity contribution is -0.135. The number of rotatable bonds is 5. The predicted molar refractivity (Wildman–Crippen MR) is 92.1 cm³/mol. The van der Waals surface area contributed by atoms with Crippen LogP contribution in [0.5, 0.6) is 17.2 Å². The van der Waals surface area contributed by atoms with Crippen molar-refractivity contribution in [2.45, 2.75) is 0 Å². The molecule has 132 valence electrons. The molecule has 0 saturated carbocycles. The lowest BCUT2D eigenvalue weighted by Crippen LogP contribution is -2.19. The third kappa shape index (κ3) is 4.51. The molecule has 1 amide bonds. The SMILES string of the molecule is COC(=O)/C=C1/S/C(=N\N=Cc2cc(OC)cc(OC)c2O)NC1=O. The minimum absolute atomic E-state index is 0.123. The Morgan fingerprint density at radius 2 is 2.04 bits per heavy atom. The van der Waals surface area contributed by atoms with E-state index in [1.165, 1.54) is 33.6 Å². The fraction of sp³-hybridized carbons (Fsp3) is 0.200. The third-order valence-electron chi connectivity index (χ3n) is 2.98. The summed E-state index contributed by atoms with van der Waals surface area (Å²) in [5.74, 6) is -0.552. The Morgan fingerprint density at radius 1 is 1.28 bits per heavy atom. The fourth-order valence-corrected chi connectivity index (χ4v) is 2.50. The molecule has 9 nitrogen and oxygen atoms in total. The van der Waals surface area contributed by atoms with Crippen LogP contribution in [-0.4, -0.2) is 49.7 Å². The van der Waals surface area contributed by atoms with Gasteiger partial charge in [-0.05, 0) is 17.8 Å². The number of carbonyl (C=O) groups excluding carboxylic acids is 2. The van der Waals surface area contributed by atoms with E-state index in [-0.39, 0.29) is 21.6 Å². The van der Waals surface area contributed by atoms with Crippen LogP contribution in [0.15, 0.2) is 33.3 Å². The Labute approximate surface area is 147 Å². The standard InChI is InChI=1S/C15H15N3O6S/c1-22-9-4-8(13(20)10(5-9)23-2)7-16-18-15-17-14(21)11(25-15)6-12(19)24-3/h4-7,20H,1-3H3,(H,17,18,21)/b11-6+,16-7?. The van der Waals surface area contributed by atoms with Crippen molar-refractivity contribution in [2.75, 3.05) is 21.3 Å². The number of phenols is 1. The number of aromatic hydroxyl groups is 1. The number of esters is 1. The van der Waals surface area contributed by atoms with Gasteiger partial charge in [0.25, 0.3) is 5.91 Å². The van der Waals surface area contributed by atoms with Crippen molar-refractivity contribution < 1.29 is 28.9 Å². The number of benzene rings is 1. The molecule has 25 heavy (non-hydrogen) atoms. The van der Waals surface area contributed by atoms with E-state index in [2.05, 4.69) is 20.3 Å². The number of amides is 1. The first kappa shape index (κ1) is 18.3. The predicted octanol–water partition coefficient (Wildman–Crippen LogP) is 1.02. The summed E-state index contributed by atoms with van der Waals surface area (Å²) in [6.45, 7) is 0. The van der Waals surface area contributed by atoms with Crippen LogP contribution in [0.1, 0.15) is 5.56 Å². The van der Waals surface area contributed by atoms with Crippen LogP contribution in [0.2, 0.25) is 0 Å². The van der Waals surface area contributed by atoms with Gasteiger partial charge in [0.05, 0.1) is 32.4 Å². The van der Waals surface area contributed by atoms with Crippen LogP contribution in [0.3, 0.4) is 0 Å². The smallest absolute Gasteiger partial charge is 0.331 e. The van der Waals surface area contributed by atoms with Gasteiger partial charge in [0.15, 0.2) is 16.7 Å². The van der Waals surface area contributed by atoms with Crippen LogP contribution >= 0.6 is 11.8 Å². The number of methoxy groups -OCH3 is 3. The highest BCUT2D eigenvalue weighted by Gasteiger charge is 2.25. The van der Waals surface area contributed by atoms with Gasteiger partial charge < -0.3 is 19.3 Å². The molecule has 1 aliphatic rings. The summed E-state index contributed by atoms with van der Waals surface area (Å²) in [6, 6.07) is 3.07. The fourth-order valence-electron chi connectivity index (χ4n) is 1.76. The molecular formula is C15H15N3O6S. The summed E-state index contributed by atoms with van der Waals surface area (Å²) >= 11 is 0.941. The number of nitrogens with zero attached hydrogens (tertiary/aromatic N) is 2. The second kappa shape index (κ2) is 8.20. The first-order valence-corrected chi connectivity index (χ1v) is 7.65. The second-order valence-electron chi connectivity index (χ2n) is 4.51. The number of hydrogen-bond acceptors (Lipinski definition) is 9. The van der Waals surface area contributed by atoms with E-state index in [1.54, 1.807) is 6.07 Å². The van der Waals surface area contributed by atoms with Crippen molar-refractivity contribution in [3.8, 4) is 17.2 Å². The molecule has 1 aromatic rings. The summed E-state index contributed by atoms with van der Waals surface area (Å²) in [7, 11) is 4.10. The molecule has 1 fully saturated rings. The Kier molecular flexibility index (Phi) is 6.01. The quantitative estimate of drug-likeness (QED) is 0.346. The third-order valence-corrected chi connectivity index (χ3v) is 3.88.